The minimum absolute atomic E-state index is 0.117. The first-order valence-electron chi connectivity index (χ1n) is 10.2. The summed E-state index contributed by atoms with van der Waals surface area (Å²) in [7, 11) is 0. The number of carboxylic acid groups (broad SMARTS) is 1. The largest absolute Gasteiger partial charge is 0.480 e. The molecule has 0 aliphatic heterocycles. The highest BCUT2D eigenvalue weighted by atomic mass is 35.5. The maximum Gasteiger partial charge on any atom is 0.323 e. The Kier molecular flexibility index (Phi) is 4.85. The molecule has 1 saturated carbocycles. The average Bonchev–Trinajstić information content (AvgIpc) is 3.50. The molecule has 2 heterocycles. The molecule has 6 nitrogen and oxygen atoms in total. The molecule has 2 aromatic heterocycles. The molecule has 0 saturated heterocycles. The molecule has 8 heteroatoms. The minimum atomic E-state index is -0.897. The van der Waals surface area contributed by atoms with E-state index in [1.54, 1.807) is 18.5 Å². The van der Waals surface area contributed by atoms with Crippen LogP contribution in [0.15, 0.2) is 30.6 Å². The number of anilines is 1. The number of fused-ring (bicyclic) bond motifs is 3. The molecule has 1 fully saturated rings. The highest BCUT2D eigenvalue weighted by Gasteiger charge is 2.34. The van der Waals surface area contributed by atoms with Gasteiger partial charge in [-0.1, -0.05) is 11.6 Å². The lowest BCUT2D eigenvalue weighted by Gasteiger charge is -2.35. The van der Waals surface area contributed by atoms with E-state index in [9.17, 15) is 14.3 Å². The third kappa shape index (κ3) is 3.62. The summed E-state index contributed by atoms with van der Waals surface area (Å²) in [6.07, 6.45) is 7.97. The number of rotatable bonds is 6. The molecule has 0 bridgehead atoms. The number of carbonyl (C=O) groups is 1. The SMILES string of the molecule is O=C(O)Cn1c2c(c3cc(F)ccc31)C[C@@H](N(CC1CC1)c1ncc(Cl)cn1)CC2. The molecule has 2 aliphatic rings. The lowest BCUT2D eigenvalue weighted by molar-refractivity contribution is -0.137. The summed E-state index contributed by atoms with van der Waals surface area (Å²) in [4.78, 5) is 22.6. The van der Waals surface area contributed by atoms with Crippen molar-refractivity contribution in [3.8, 4) is 0 Å². The molecule has 0 unspecified atom stereocenters. The van der Waals surface area contributed by atoms with Crippen molar-refractivity contribution >= 4 is 34.4 Å². The van der Waals surface area contributed by atoms with Gasteiger partial charge in [-0.3, -0.25) is 4.79 Å². The van der Waals surface area contributed by atoms with Crippen LogP contribution < -0.4 is 4.90 Å². The lowest BCUT2D eigenvalue weighted by Crippen LogP contribution is -2.42. The monoisotopic (exact) mass is 428 g/mol. The average molecular weight is 429 g/mol. The van der Waals surface area contributed by atoms with E-state index in [2.05, 4.69) is 14.9 Å². The summed E-state index contributed by atoms with van der Waals surface area (Å²) in [5.41, 5.74) is 2.82. The molecule has 2 aliphatic carbocycles. The van der Waals surface area contributed by atoms with Crippen LogP contribution >= 0.6 is 11.6 Å². The smallest absolute Gasteiger partial charge is 0.323 e. The highest BCUT2D eigenvalue weighted by Crippen LogP contribution is 2.37. The minimum Gasteiger partial charge on any atom is -0.480 e. The zero-order valence-electron chi connectivity index (χ0n) is 16.4. The van der Waals surface area contributed by atoms with Gasteiger partial charge in [-0.05, 0) is 61.8 Å². The van der Waals surface area contributed by atoms with Crippen LogP contribution in [0.4, 0.5) is 10.3 Å². The fraction of sp³-hybridized carbons (Fsp3) is 0.409. The van der Waals surface area contributed by atoms with Gasteiger partial charge in [-0.2, -0.15) is 0 Å². The molecule has 0 amide bonds. The van der Waals surface area contributed by atoms with Crippen molar-refractivity contribution in [2.45, 2.75) is 44.7 Å². The lowest BCUT2D eigenvalue weighted by atomic mass is 9.90. The second-order valence-corrected chi connectivity index (χ2v) is 8.70. The second kappa shape index (κ2) is 7.54. The van der Waals surface area contributed by atoms with E-state index in [0.29, 0.717) is 23.3 Å². The normalized spacial score (nSPS) is 18.4. The molecule has 5 rings (SSSR count). The van der Waals surface area contributed by atoms with Crippen LogP contribution in [0.25, 0.3) is 10.9 Å². The summed E-state index contributed by atoms with van der Waals surface area (Å²) >= 11 is 5.98. The molecule has 3 aromatic rings. The van der Waals surface area contributed by atoms with E-state index in [1.807, 2.05) is 4.57 Å². The number of halogens is 2. The van der Waals surface area contributed by atoms with Gasteiger partial charge in [-0.15, -0.1) is 0 Å². The van der Waals surface area contributed by atoms with Crippen molar-refractivity contribution in [3.63, 3.8) is 0 Å². The van der Waals surface area contributed by atoms with Crippen molar-refractivity contribution in [2.24, 2.45) is 5.92 Å². The molecule has 0 spiro atoms. The fourth-order valence-corrected chi connectivity index (χ4v) is 4.71. The zero-order chi connectivity index (χ0) is 20.8. The van der Waals surface area contributed by atoms with Gasteiger partial charge in [0.2, 0.25) is 5.95 Å². The first kappa shape index (κ1) is 19.3. The van der Waals surface area contributed by atoms with E-state index >= 15 is 0 Å². The first-order valence-corrected chi connectivity index (χ1v) is 10.6. The Hall–Kier alpha value is -2.67. The fourth-order valence-electron chi connectivity index (χ4n) is 4.61. The van der Waals surface area contributed by atoms with E-state index < -0.39 is 5.97 Å². The molecule has 0 radical (unpaired) electrons. The summed E-state index contributed by atoms with van der Waals surface area (Å²) < 4.78 is 15.9. The van der Waals surface area contributed by atoms with Crippen molar-refractivity contribution in [1.29, 1.82) is 0 Å². The van der Waals surface area contributed by atoms with Gasteiger partial charge in [-0.25, -0.2) is 14.4 Å². The standard InChI is InChI=1S/C22H22ClFN4O2/c23-14-9-25-22(26-10-14)27(11-13-1-2-13)16-4-6-20-18(8-16)17-7-15(24)3-5-19(17)28(20)12-21(29)30/h3,5,7,9-10,13,16H,1-2,4,6,8,11-12H2,(H,29,30)/t16-/m0/s1. The van der Waals surface area contributed by atoms with Crippen LogP contribution in [0.2, 0.25) is 5.02 Å². The van der Waals surface area contributed by atoms with Crippen molar-refractivity contribution in [2.75, 3.05) is 11.4 Å². The Labute approximate surface area is 178 Å². The number of hydrogen-bond acceptors (Lipinski definition) is 4. The number of carboxylic acids is 1. The van der Waals surface area contributed by atoms with Crippen molar-refractivity contribution in [3.05, 3.63) is 52.7 Å². The van der Waals surface area contributed by atoms with Gasteiger partial charge in [0.1, 0.15) is 12.4 Å². The predicted molar refractivity (Wildman–Crippen MR) is 112 cm³/mol. The molecule has 1 atom stereocenters. The van der Waals surface area contributed by atoms with E-state index in [1.165, 1.54) is 25.0 Å². The van der Waals surface area contributed by atoms with E-state index in [0.717, 1.165) is 41.5 Å². The molecule has 156 valence electrons. The Balaban J connectivity index is 1.54. The van der Waals surface area contributed by atoms with Gasteiger partial charge in [0.15, 0.2) is 0 Å². The number of aliphatic carboxylic acids is 1. The van der Waals surface area contributed by atoms with Crippen molar-refractivity contribution in [1.82, 2.24) is 14.5 Å². The predicted octanol–water partition coefficient (Wildman–Crippen LogP) is 4.08. The number of benzene rings is 1. The van der Waals surface area contributed by atoms with Gasteiger partial charge < -0.3 is 14.6 Å². The van der Waals surface area contributed by atoms with Crippen molar-refractivity contribution < 1.29 is 14.3 Å². The highest BCUT2D eigenvalue weighted by molar-refractivity contribution is 6.30. The Morgan fingerprint density at radius 3 is 2.73 bits per heavy atom. The van der Waals surface area contributed by atoms with Crippen LogP contribution in [-0.4, -0.2) is 38.2 Å². The summed E-state index contributed by atoms with van der Waals surface area (Å²) in [5, 5.41) is 10.7. The van der Waals surface area contributed by atoms with Crippen LogP contribution in [-0.2, 0) is 24.2 Å². The second-order valence-electron chi connectivity index (χ2n) is 8.26. The summed E-state index contributed by atoms with van der Waals surface area (Å²) in [5.74, 6) is 0.110. The number of hydrogen-bond donors (Lipinski definition) is 1. The number of aromatic nitrogens is 3. The van der Waals surface area contributed by atoms with Gasteiger partial charge in [0.25, 0.3) is 0 Å². The number of nitrogens with zero attached hydrogens (tertiary/aromatic N) is 4. The maximum absolute atomic E-state index is 14.0. The van der Waals surface area contributed by atoms with Gasteiger partial charge in [0, 0.05) is 29.2 Å². The van der Waals surface area contributed by atoms with Gasteiger partial charge >= 0.3 is 5.97 Å². The molecular formula is C22H22ClFN4O2. The Morgan fingerprint density at radius 2 is 2.03 bits per heavy atom. The maximum atomic E-state index is 14.0. The summed E-state index contributed by atoms with van der Waals surface area (Å²) in [6.45, 7) is 0.776. The Morgan fingerprint density at radius 1 is 1.27 bits per heavy atom. The molecular weight excluding hydrogens is 407 g/mol. The first-order chi connectivity index (χ1) is 14.5. The molecule has 1 aromatic carbocycles. The van der Waals surface area contributed by atoms with E-state index in [-0.39, 0.29) is 18.4 Å². The van der Waals surface area contributed by atoms with E-state index in [4.69, 9.17) is 11.6 Å². The van der Waals surface area contributed by atoms with Crippen LogP contribution in [0.5, 0.6) is 0 Å². The third-order valence-corrected chi connectivity index (χ3v) is 6.35. The van der Waals surface area contributed by atoms with Crippen LogP contribution in [0.1, 0.15) is 30.5 Å². The molecule has 30 heavy (non-hydrogen) atoms. The van der Waals surface area contributed by atoms with Crippen LogP contribution in [0.3, 0.4) is 0 Å². The quantitative estimate of drug-likeness (QED) is 0.640. The van der Waals surface area contributed by atoms with Gasteiger partial charge in [0.05, 0.1) is 17.4 Å². The summed E-state index contributed by atoms with van der Waals surface area (Å²) in [6, 6.07) is 4.78. The zero-order valence-corrected chi connectivity index (χ0v) is 17.1. The van der Waals surface area contributed by atoms with Crippen LogP contribution in [0, 0.1) is 11.7 Å². The Bertz CT molecular complexity index is 1110. The molecule has 1 N–H and O–H groups in total. The topological polar surface area (TPSA) is 71.2 Å². The third-order valence-electron chi connectivity index (χ3n) is 6.15.